The summed E-state index contributed by atoms with van der Waals surface area (Å²) in [6.45, 7) is 0. The molecule has 0 aliphatic heterocycles. The number of carboxylic acids is 1. The van der Waals surface area contributed by atoms with Crippen molar-refractivity contribution in [2.75, 3.05) is 0 Å². The van der Waals surface area contributed by atoms with Crippen molar-refractivity contribution >= 4 is 49.2 Å². The van der Waals surface area contributed by atoms with Gasteiger partial charge in [-0.15, -0.1) is 11.3 Å². The summed E-state index contributed by atoms with van der Waals surface area (Å²) in [6.07, 6.45) is 2.25. The normalized spacial score (nSPS) is 10.6. The third-order valence-electron chi connectivity index (χ3n) is 2.16. The van der Waals surface area contributed by atoms with Gasteiger partial charge in [0.25, 0.3) is 0 Å². The average Bonchev–Trinajstić information content (AvgIpc) is 2.75. The third-order valence-corrected chi connectivity index (χ3v) is 4.09. The lowest BCUT2D eigenvalue weighted by molar-refractivity contribution is -0.136. The van der Waals surface area contributed by atoms with Crippen LogP contribution in [0.4, 0.5) is 0 Å². The molecule has 0 fully saturated rings. The fourth-order valence-corrected chi connectivity index (χ4v) is 3.51. The number of aromatic nitrogens is 2. The maximum atomic E-state index is 10.5. The summed E-state index contributed by atoms with van der Waals surface area (Å²) in [5.41, 5.74) is 1.55. The highest BCUT2D eigenvalue weighted by Crippen LogP contribution is 2.30. The van der Waals surface area contributed by atoms with Crippen LogP contribution in [0.25, 0.3) is 10.7 Å². The van der Waals surface area contributed by atoms with Crippen molar-refractivity contribution in [1.82, 2.24) is 9.97 Å². The van der Waals surface area contributed by atoms with E-state index < -0.39 is 5.97 Å². The van der Waals surface area contributed by atoms with Gasteiger partial charge in [0.05, 0.1) is 12.1 Å². The smallest absolute Gasteiger partial charge is 0.303 e. The van der Waals surface area contributed by atoms with Crippen LogP contribution in [0.15, 0.2) is 26.6 Å². The second-order valence-electron chi connectivity index (χ2n) is 3.52. The first kappa shape index (κ1) is 13.6. The van der Waals surface area contributed by atoms with Gasteiger partial charge in [-0.25, -0.2) is 4.98 Å². The SMILES string of the molecule is O=C(O)CCc1csc(-c2ncc(Br)cc2Br)n1. The van der Waals surface area contributed by atoms with E-state index in [0.717, 1.165) is 25.3 Å². The van der Waals surface area contributed by atoms with E-state index in [1.165, 1.54) is 11.3 Å². The number of thiazole rings is 1. The highest BCUT2D eigenvalue weighted by Gasteiger charge is 2.11. The van der Waals surface area contributed by atoms with Crippen LogP contribution in [0.3, 0.4) is 0 Å². The van der Waals surface area contributed by atoms with Crippen molar-refractivity contribution in [3.63, 3.8) is 0 Å². The van der Waals surface area contributed by atoms with Crippen LogP contribution in [0.2, 0.25) is 0 Å². The minimum atomic E-state index is -0.813. The molecule has 18 heavy (non-hydrogen) atoms. The highest BCUT2D eigenvalue weighted by atomic mass is 79.9. The van der Waals surface area contributed by atoms with Crippen molar-refractivity contribution in [3.05, 3.63) is 32.3 Å². The first-order valence-electron chi connectivity index (χ1n) is 5.04. The van der Waals surface area contributed by atoms with Crippen molar-refractivity contribution < 1.29 is 9.90 Å². The molecular formula is C11H8Br2N2O2S. The average molecular weight is 392 g/mol. The molecule has 2 aromatic rings. The molecule has 0 aliphatic rings. The third kappa shape index (κ3) is 3.37. The minimum Gasteiger partial charge on any atom is -0.481 e. The zero-order chi connectivity index (χ0) is 13.1. The molecular weight excluding hydrogens is 384 g/mol. The number of aryl methyl sites for hydroxylation is 1. The molecule has 2 heterocycles. The van der Waals surface area contributed by atoms with Gasteiger partial charge in [-0.2, -0.15) is 0 Å². The van der Waals surface area contributed by atoms with Crippen LogP contribution in [0.1, 0.15) is 12.1 Å². The van der Waals surface area contributed by atoms with E-state index in [-0.39, 0.29) is 6.42 Å². The summed E-state index contributed by atoms with van der Waals surface area (Å²) in [5, 5.41) is 11.3. The summed E-state index contributed by atoms with van der Waals surface area (Å²) in [5.74, 6) is -0.813. The number of halogens is 2. The van der Waals surface area contributed by atoms with Crippen LogP contribution in [0.5, 0.6) is 0 Å². The van der Waals surface area contributed by atoms with Crippen LogP contribution < -0.4 is 0 Å². The standard InChI is InChI=1S/C11H8Br2N2O2S/c12-6-3-8(13)10(14-4-6)11-15-7(5-18-11)1-2-9(16)17/h3-5H,1-2H2,(H,16,17). The van der Waals surface area contributed by atoms with Gasteiger partial charge < -0.3 is 5.11 Å². The maximum Gasteiger partial charge on any atom is 0.303 e. The van der Waals surface area contributed by atoms with Gasteiger partial charge in [0.1, 0.15) is 10.7 Å². The summed E-state index contributed by atoms with van der Waals surface area (Å²) in [7, 11) is 0. The summed E-state index contributed by atoms with van der Waals surface area (Å²) in [4.78, 5) is 19.2. The molecule has 0 saturated heterocycles. The van der Waals surface area contributed by atoms with E-state index in [1.54, 1.807) is 6.20 Å². The lowest BCUT2D eigenvalue weighted by Gasteiger charge is -1.99. The molecule has 1 N–H and O–H groups in total. The Morgan fingerprint density at radius 1 is 1.44 bits per heavy atom. The molecule has 7 heteroatoms. The molecule has 0 unspecified atom stereocenters. The van der Waals surface area contributed by atoms with E-state index in [9.17, 15) is 4.79 Å². The Bertz CT molecular complexity index is 586. The Hall–Kier alpha value is -0.790. The number of pyridine rings is 1. The van der Waals surface area contributed by atoms with E-state index >= 15 is 0 Å². The summed E-state index contributed by atoms with van der Waals surface area (Å²) in [6, 6.07) is 1.90. The first-order chi connectivity index (χ1) is 8.56. The summed E-state index contributed by atoms with van der Waals surface area (Å²) < 4.78 is 1.75. The van der Waals surface area contributed by atoms with E-state index in [4.69, 9.17) is 5.11 Å². The monoisotopic (exact) mass is 390 g/mol. The first-order valence-corrected chi connectivity index (χ1v) is 7.50. The van der Waals surface area contributed by atoms with E-state index in [0.29, 0.717) is 6.42 Å². The van der Waals surface area contributed by atoms with Crippen LogP contribution >= 0.6 is 43.2 Å². The van der Waals surface area contributed by atoms with Crippen LogP contribution in [0, 0.1) is 0 Å². The topological polar surface area (TPSA) is 63.1 Å². The Balaban J connectivity index is 2.21. The predicted octanol–water partition coefficient (Wildman–Crippen LogP) is 3.75. The molecule has 4 nitrogen and oxygen atoms in total. The fraction of sp³-hybridized carbons (Fsp3) is 0.182. The largest absolute Gasteiger partial charge is 0.481 e. The number of aliphatic carboxylic acids is 1. The quantitative estimate of drug-likeness (QED) is 0.861. The zero-order valence-electron chi connectivity index (χ0n) is 9.06. The Kier molecular flexibility index (Phi) is 4.47. The van der Waals surface area contributed by atoms with Crippen molar-refractivity contribution in [2.45, 2.75) is 12.8 Å². The minimum absolute atomic E-state index is 0.0953. The number of carbonyl (C=O) groups is 1. The predicted molar refractivity (Wildman–Crippen MR) is 76.7 cm³/mol. The number of hydrogen-bond donors (Lipinski definition) is 1. The van der Waals surface area contributed by atoms with Crippen molar-refractivity contribution in [2.24, 2.45) is 0 Å². The number of hydrogen-bond acceptors (Lipinski definition) is 4. The summed E-state index contributed by atoms with van der Waals surface area (Å²) >= 11 is 8.24. The van der Waals surface area contributed by atoms with E-state index in [1.807, 2.05) is 11.4 Å². The van der Waals surface area contributed by atoms with Crippen LogP contribution in [-0.2, 0) is 11.2 Å². The molecule has 0 atom stereocenters. The fourth-order valence-electron chi connectivity index (χ4n) is 1.34. The van der Waals surface area contributed by atoms with E-state index in [2.05, 4.69) is 41.8 Å². The Morgan fingerprint density at radius 3 is 2.89 bits per heavy atom. The second kappa shape index (κ2) is 5.90. The number of rotatable bonds is 4. The lowest BCUT2D eigenvalue weighted by atomic mass is 10.2. The van der Waals surface area contributed by atoms with Gasteiger partial charge >= 0.3 is 5.97 Å². The van der Waals surface area contributed by atoms with Gasteiger partial charge in [-0.05, 0) is 37.9 Å². The second-order valence-corrected chi connectivity index (χ2v) is 6.15. The van der Waals surface area contributed by atoms with Gasteiger partial charge in [0.15, 0.2) is 0 Å². The molecule has 0 spiro atoms. The Morgan fingerprint density at radius 2 is 2.22 bits per heavy atom. The maximum absolute atomic E-state index is 10.5. The van der Waals surface area contributed by atoms with Gasteiger partial charge in [-0.1, -0.05) is 0 Å². The van der Waals surface area contributed by atoms with Crippen molar-refractivity contribution in [3.8, 4) is 10.7 Å². The molecule has 0 saturated carbocycles. The molecule has 2 rings (SSSR count). The van der Waals surface area contributed by atoms with Gasteiger partial charge in [-0.3, -0.25) is 9.78 Å². The number of carboxylic acid groups (broad SMARTS) is 1. The molecule has 0 radical (unpaired) electrons. The molecule has 0 bridgehead atoms. The Labute approximate surface area is 124 Å². The van der Waals surface area contributed by atoms with Gasteiger partial charge in [0, 0.05) is 26.9 Å². The highest BCUT2D eigenvalue weighted by molar-refractivity contribution is 9.11. The molecule has 0 aliphatic carbocycles. The molecule has 0 aromatic carbocycles. The van der Waals surface area contributed by atoms with Gasteiger partial charge in [0.2, 0.25) is 0 Å². The molecule has 94 valence electrons. The lowest BCUT2D eigenvalue weighted by Crippen LogP contribution is -1.97. The zero-order valence-corrected chi connectivity index (χ0v) is 13.0. The molecule has 2 aromatic heterocycles. The molecule has 0 amide bonds. The van der Waals surface area contributed by atoms with Crippen LogP contribution in [-0.4, -0.2) is 21.0 Å². The number of nitrogens with zero attached hydrogens (tertiary/aromatic N) is 2. The van der Waals surface area contributed by atoms with Crippen molar-refractivity contribution in [1.29, 1.82) is 0 Å².